The minimum atomic E-state index is 0.562. The van der Waals surface area contributed by atoms with Crippen LogP contribution >= 0.6 is 23.3 Å². The summed E-state index contributed by atoms with van der Waals surface area (Å²) in [4.78, 5) is 4.33. The normalized spacial score (nSPS) is 15.4. The summed E-state index contributed by atoms with van der Waals surface area (Å²) in [6, 6.07) is 0.562. The van der Waals surface area contributed by atoms with Gasteiger partial charge in [-0.2, -0.15) is 4.37 Å². The maximum Gasteiger partial charge on any atom is 0.170 e. The fourth-order valence-electron chi connectivity index (χ4n) is 1.16. The van der Waals surface area contributed by atoms with E-state index in [9.17, 15) is 0 Å². The molecule has 80 valence electrons. The molecule has 3 nitrogen and oxygen atoms in total. The van der Waals surface area contributed by atoms with E-state index in [1.807, 2.05) is 25.7 Å². The first-order valence-corrected chi connectivity index (χ1v) is 6.41. The lowest BCUT2D eigenvalue weighted by Crippen LogP contribution is -2.24. The number of nitrogens with one attached hydrogen (secondary N) is 1. The summed E-state index contributed by atoms with van der Waals surface area (Å²) in [6.07, 6.45) is 1.15. The molecule has 0 saturated heterocycles. The molecule has 0 saturated carbocycles. The zero-order valence-electron chi connectivity index (χ0n) is 9.07. The Morgan fingerprint density at radius 3 is 2.71 bits per heavy atom. The Labute approximate surface area is 93.9 Å². The maximum atomic E-state index is 4.33. The lowest BCUT2D eigenvalue weighted by atomic mass is 10.2. The van der Waals surface area contributed by atoms with Crippen molar-refractivity contribution in [3.05, 3.63) is 5.82 Å². The molecule has 0 bridgehead atoms. The van der Waals surface area contributed by atoms with Crippen molar-refractivity contribution in [1.29, 1.82) is 0 Å². The molecule has 1 heterocycles. The predicted molar refractivity (Wildman–Crippen MR) is 63.1 cm³/mol. The van der Waals surface area contributed by atoms with Crippen LogP contribution in [0.3, 0.4) is 0 Å². The van der Waals surface area contributed by atoms with Gasteiger partial charge in [-0.3, -0.25) is 0 Å². The third kappa shape index (κ3) is 3.94. The molecule has 1 N–H and O–H groups in total. The molecule has 0 fully saturated rings. The van der Waals surface area contributed by atoms with Crippen molar-refractivity contribution < 1.29 is 0 Å². The standard InChI is InChI=1S/C9H17N3S2/c1-6(10-4)5-7(2)13-9-11-8(3)12-14-9/h6-7,10H,5H2,1-4H3. The molecule has 0 aliphatic heterocycles. The van der Waals surface area contributed by atoms with Crippen LogP contribution in [-0.2, 0) is 0 Å². The van der Waals surface area contributed by atoms with E-state index in [0.29, 0.717) is 11.3 Å². The summed E-state index contributed by atoms with van der Waals surface area (Å²) in [5, 5.41) is 3.83. The molecule has 0 amide bonds. The molecular weight excluding hydrogens is 214 g/mol. The minimum absolute atomic E-state index is 0.562. The van der Waals surface area contributed by atoms with Gasteiger partial charge >= 0.3 is 0 Å². The number of aryl methyl sites for hydroxylation is 1. The topological polar surface area (TPSA) is 37.8 Å². The molecule has 1 rings (SSSR count). The van der Waals surface area contributed by atoms with Gasteiger partial charge < -0.3 is 5.32 Å². The highest BCUT2D eigenvalue weighted by Gasteiger charge is 2.10. The number of aromatic nitrogens is 2. The Hall–Kier alpha value is -0.130. The molecular formula is C9H17N3S2. The van der Waals surface area contributed by atoms with E-state index in [2.05, 4.69) is 28.5 Å². The second kappa shape index (κ2) is 5.68. The first-order chi connectivity index (χ1) is 6.61. The summed E-state index contributed by atoms with van der Waals surface area (Å²) >= 11 is 3.31. The predicted octanol–water partition coefficient (Wildman–Crippen LogP) is 2.33. The molecule has 0 aliphatic carbocycles. The Morgan fingerprint density at radius 2 is 2.21 bits per heavy atom. The minimum Gasteiger partial charge on any atom is -0.317 e. The zero-order valence-corrected chi connectivity index (χ0v) is 10.7. The second-order valence-corrected chi connectivity index (χ2v) is 5.90. The van der Waals surface area contributed by atoms with Gasteiger partial charge in [0.2, 0.25) is 0 Å². The summed E-state index contributed by atoms with van der Waals surface area (Å²) in [5.74, 6) is 0.881. The van der Waals surface area contributed by atoms with E-state index in [0.717, 1.165) is 16.6 Å². The molecule has 5 heteroatoms. The zero-order chi connectivity index (χ0) is 10.6. The van der Waals surface area contributed by atoms with Crippen LogP contribution in [0.5, 0.6) is 0 Å². The summed E-state index contributed by atoms with van der Waals surface area (Å²) < 4.78 is 5.24. The van der Waals surface area contributed by atoms with Crippen LogP contribution in [0.15, 0.2) is 4.34 Å². The number of thioether (sulfide) groups is 1. The van der Waals surface area contributed by atoms with Gasteiger partial charge in [0.25, 0.3) is 0 Å². The largest absolute Gasteiger partial charge is 0.317 e. The highest BCUT2D eigenvalue weighted by molar-refractivity contribution is 8.01. The first-order valence-electron chi connectivity index (χ1n) is 4.76. The average molecular weight is 231 g/mol. The molecule has 14 heavy (non-hydrogen) atoms. The molecule has 0 spiro atoms. The molecule has 1 aromatic heterocycles. The van der Waals surface area contributed by atoms with Gasteiger partial charge in [-0.05, 0) is 38.8 Å². The second-order valence-electron chi connectivity index (χ2n) is 3.46. The molecule has 0 radical (unpaired) electrons. The molecule has 2 atom stereocenters. The van der Waals surface area contributed by atoms with Crippen LogP contribution in [0.2, 0.25) is 0 Å². The highest BCUT2D eigenvalue weighted by atomic mass is 32.2. The Bertz CT molecular complexity index is 275. The average Bonchev–Trinajstić information content (AvgIpc) is 2.50. The number of nitrogens with zero attached hydrogens (tertiary/aromatic N) is 2. The number of hydrogen-bond donors (Lipinski definition) is 1. The van der Waals surface area contributed by atoms with Crippen LogP contribution in [0, 0.1) is 6.92 Å². The summed E-state index contributed by atoms with van der Waals surface area (Å²) in [7, 11) is 2.00. The van der Waals surface area contributed by atoms with Crippen molar-refractivity contribution in [1.82, 2.24) is 14.7 Å². The third-order valence-electron chi connectivity index (χ3n) is 1.99. The van der Waals surface area contributed by atoms with Gasteiger partial charge in [0.1, 0.15) is 5.82 Å². The fourth-order valence-corrected chi connectivity index (χ4v) is 3.28. The molecule has 0 aliphatic rings. The third-order valence-corrected chi connectivity index (χ3v) is 3.99. The molecule has 2 unspecified atom stereocenters. The van der Waals surface area contributed by atoms with Crippen molar-refractivity contribution >= 4 is 23.3 Å². The smallest absolute Gasteiger partial charge is 0.170 e. The Kier molecular flexibility index (Phi) is 4.84. The van der Waals surface area contributed by atoms with Crippen molar-refractivity contribution in [3.8, 4) is 0 Å². The van der Waals surface area contributed by atoms with Crippen LogP contribution in [-0.4, -0.2) is 27.7 Å². The lowest BCUT2D eigenvalue weighted by molar-refractivity contribution is 0.564. The Balaban J connectivity index is 2.37. The van der Waals surface area contributed by atoms with Gasteiger partial charge in [0, 0.05) is 11.3 Å². The van der Waals surface area contributed by atoms with Gasteiger partial charge in [0.05, 0.1) is 0 Å². The van der Waals surface area contributed by atoms with Crippen LogP contribution in [0.4, 0.5) is 0 Å². The fraction of sp³-hybridized carbons (Fsp3) is 0.778. The van der Waals surface area contributed by atoms with E-state index < -0.39 is 0 Å². The van der Waals surface area contributed by atoms with Crippen LogP contribution < -0.4 is 5.32 Å². The molecule has 1 aromatic rings. The first kappa shape index (κ1) is 11.9. The number of rotatable bonds is 5. The van der Waals surface area contributed by atoms with Crippen molar-refractivity contribution in [2.24, 2.45) is 0 Å². The van der Waals surface area contributed by atoms with E-state index in [1.165, 1.54) is 11.5 Å². The van der Waals surface area contributed by atoms with E-state index in [1.54, 1.807) is 0 Å². The molecule has 0 aromatic carbocycles. The summed E-state index contributed by atoms with van der Waals surface area (Å²) in [6.45, 7) is 6.36. The Morgan fingerprint density at radius 1 is 1.50 bits per heavy atom. The summed E-state index contributed by atoms with van der Waals surface area (Å²) in [5.41, 5.74) is 0. The monoisotopic (exact) mass is 231 g/mol. The van der Waals surface area contributed by atoms with Gasteiger partial charge in [-0.15, -0.1) is 0 Å². The number of hydrogen-bond acceptors (Lipinski definition) is 5. The van der Waals surface area contributed by atoms with Crippen molar-refractivity contribution in [2.75, 3.05) is 7.05 Å². The van der Waals surface area contributed by atoms with Crippen LogP contribution in [0.25, 0.3) is 0 Å². The van der Waals surface area contributed by atoms with Crippen LogP contribution in [0.1, 0.15) is 26.1 Å². The van der Waals surface area contributed by atoms with Gasteiger partial charge in [0.15, 0.2) is 4.34 Å². The van der Waals surface area contributed by atoms with Gasteiger partial charge in [-0.25, -0.2) is 4.98 Å². The van der Waals surface area contributed by atoms with E-state index >= 15 is 0 Å². The highest BCUT2D eigenvalue weighted by Crippen LogP contribution is 2.27. The SMILES string of the molecule is CNC(C)CC(C)Sc1nc(C)ns1. The van der Waals surface area contributed by atoms with Crippen molar-refractivity contribution in [3.63, 3.8) is 0 Å². The lowest BCUT2D eigenvalue weighted by Gasteiger charge is -2.14. The van der Waals surface area contributed by atoms with E-state index in [-0.39, 0.29) is 0 Å². The van der Waals surface area contributed by atoms with E-state index in [4.69, 9.17) is 0 Å². The van der Waals surface area contributed by atoms with Crippen molar-refractivity contribution in [2.45, 2.75) is 42.8 Å². The van der Waals surface area contributed by atoms with Gasteiger partial charge in [-0.1, -0.05) is 18.7 Å². The quantitative estimate of drug-likeness (QED) is 0.789. The maximum absolute atomic E-state index is 4.33.